The molecule has 8 heteroatoms. The van der Waals surface area contributed by atoms with Crippen LogP contribution in [0.5, 0.6) is 0 Å². The van der Waals surface area contributed by atoms with Crippen molar-refractivity contribution >= 4 is 17.9 Å². The number of hydrogen-bond donors (Lipinski definition) is 3. The highest BCUT2D eigenvalue weighted by molar-refractivity contribution is 5.82. The summed E-state index contributed by atoms with van der Waals surface area (Å²) in [4.78, 5) is 41.2. The van der Waals surface area contributed by atoms with Crippen molar-refractivity contribution in [2.45, 2.75) is 260 Å². The van der Waals surface area contributed by atoms with Crippen LogP contribution >= 0.6 is 0 Å². The second-order valence-electron chi connectivity index (χ2n) is 23.6. The molecule has 3 fully saturated rings. The monoisotopic (exact) mass is 949 g/mol. The molecule has 0 saturated heterocycles. The van der Waals surface area contributed by atoms with Crippen LogP contribution < -0.4 is 16.4 Å². The van der Waals surface area contributed by atoms with Crippen LogP contribution in [0.15, 0.2) is 23.8 Å². The molecule has 4 rings (SSSR count). The number of nitrogens with zero attached hydrogens (tertiary/aromatic N) is 1. The molecule has 4 aliphatic carbocycles. The Morgan fingerprint density at radius 1 is 0.721 bits per heavy atom. The summed E-state index contributed by atoms with van der Waals surface area (Å²) in [6.07, 6.45) is 45.1. The van der Waals surface area contributed by atoms with Crippen LogP contribution in [0.25, 0.3) is 0 Å². The highest BCUT2D eigenvalue weighted by atomic mass is 16.6. The number of amides is 3. The summed E-state index contributed by atoms with van der Waals surface area (Å²) < 4.78 is 6.35. The summed E-state index contributed by atoms with van der Waals surface area (Å²) in [7, 11) is 0. The molecule has 4 aliphatic rings. The molecule has 3 amide bonds. The lowest BCUT2D eigenvalue weighted by Gasteiger charge is -2.58. The third-order valence-electron chi connectivity index (χ3n) is 17.9. The fourth-order valence-electron chi connectivity index (χ4n) is 13.7. The van der Waals surface area contributed by atoms with Crippen molar-refractivity contribution in [3.8, 4) is 0 Å². The molecular formula is C60H108N4O4. The summed E-state index contributed by atoms with van der Waals surface area (Å²) in [5.41, 5.74) is 7.86. The van der Waals surface area contributed by atoms with Gasteiger partial charge in [-0.3, -0.25) is 14.5 Å². The molecule has 4 N–H and O–H groups in total. The van der Waals surface area contributed by atoms with E-state index in [0.29, 0.717) is 38.0 Å². The van der Waals surface area contributed by atoms with Crippen molar-refractivity contribution in [1.29, 1.82) is 0 Å². The van der Waals surface area contributed by atoms with Gasteiger partial charge in [-0.2, -0.15) is 0 Å². The van der Waals surface area contributed by atoms with Gasteiger partial charge in [-0.15, -0.1) is 0 Å². The van der Waals surface area contributed by atoms with E-state index in [0.717, 1.165) is 119 Å². The molecule has 0 radical (unpaired) electrons. The number of fused-ring (bicyclic) bond motifs is 5. The van der Waals surface area contributed by atoms with Gasteiger partial charge in [-0.1, -0.05) is 162 Å². The summed E-state index contributed by atoms with van der Waals surface area (Å²) in [5, 5.41) is 6.18. The fourth-order valence-corrected chi connectivity index (χ4v) is 13.7. The minimum Gasteiger partial charge on any atom is -0.446 e. The molecule has 0 spiro atoms. The van der Waals surface area contributed by atoms with Crippen molar-refractivity contribution in [2.24, 2.45) is 52.1 Å². The van der Waals surface area contributed by atoms with Gasteiger partial charge in [0, 0.05) is 32.5 Å². The van der Waals surface area contributed by atoms with E-state index in [1.54, 1.807) is 4.90 Å². The molecule has 3 saturated carbocycles. The number of carbonyl (C=O) groups excluding carboxylic acids is 3. The normalized spacial score (nSPS) is 25.9. The molecule has 8 atom stereocenters. The van der Waals surface area contributed by atoms with Crippen LogP contribution in [-0.2, 0) is 14.3 Å². The van der Waals surface area contributed by atoms with E-state index >= 15 is 0 Å². The standard InChI is InChI=1S/C60H108N4O4/c1-7-8-9-10-11-12-13-14-15-16-17-18-19-20-25-33-56(65)62-43-28-23-24-29-45-64(47-57(66)63-44-27-22-21-26-42-61)58(67)68-51-38-40-59(5)50(46-51)34-35-52-54-37-36-53(49(4)32-30-31-48(2)3)60(54,6)41-39-55(52)59/h14-15,34,48-49,51-55H,7-13,16-33,35-47,61H2,1-6H3,(H,62,65)(H,63,66)/b15-14-/t49-,51+,52+,53-,54+,55+,59+,60-/m1/s1. The molecule has 0 heterocycles. The third kappa shape index (κ3) is 19.7. The number of nitrogens with one attached hydrogen (secondary N) is 2. The smallest absolute Gasteiger partial charge is 0.410 e. The van der Waals surface area contributed by atoms with Crippen molar-refractivity contribution in [3.63, 3.8) is 0 Å². The van der Waals surface area contributed by atoms with Gasteiger partial charge in [-0.05, 0) is 156 Å². The third-order valence-corrected chi connectivity index (χ3v) is 17.9. The number of ether oxygens (including phenoxy) is 1. The minimum atomic E-state index is -0.346. The first-order chi connectivity index (χ1) is 32.9. The van der Waals surface area contributed by atoms with Gasteiger partial charge >= 0.3 is 6.09 Å². The van der Waals surface area contributed by atoms with Gasteiger partial charge in [0.15, 0.2) is 0 Å². The predicted molar refractivity (Wildman–Crippen MR) is 286 cm³/mol. The number of nitrogens with two attached hydrogens (primary N) is 1. The van der Waals surface area contributed by atoms with Crippen LogP contribution in [0.3, 0.4) is 0 Å². The lowest BCUT2D eigenvalue weighted by molar-refractivity contribution is -0.122. The molecule has 392 valence electrons. The van der Waals surface area contributed by atoms with E-state index < -0.39 is 0 Å². The second kappa shape index (κ2) is 32.6. The van der Waals surface area contributed by atoms with Gasteiger partial charge in [0.1, 0.15) is 12.6 Å². The van der Waals surface area contributed by atoms with Crippen molar-refractivity contribution in [1.82, 2.24) is 15.5 Å². The van der Waals surface area contributed by atoms with Crippen molar-refractivity contribution < 1.29 is 19.1 Å². The fraction of sp³-hybridized carbons (Fsp3) is 0.883. The number of carbonyl (C=O) groups is 3. The van der Waals surface area contributed by atoms with Crippen LogP contribution in [0.1, 0.15) is 253 Å². The zero-order chi connectivity index (χ0) is 49.0. The Morgan fingerprint density at radius 3 is 2.04 bits per heavy atom. The molecule has 0 unspecified atom stereocenters. The van der Waals surface area contributed by atoms with Crippen molar-refractivity contribution in [2.75, 3.05) is 32.7 Å². The zero-order valence-corrected chi connectivity index (χ0v) is 45.3. The molecule has 0 aliphatic heterocycles. The first-order valence-electron chi connectivity index (χ1n) is 29.5. The van der Waals surface area contributed by atoms with E-state index in [-0.39, 0.29) is 36.0 Å². The quantitative estimate of drug-likeness (QED) is 0.0428. The van der Waals surface area contributed by atoms with E-state index in [1.165, 1.54) is 128 Å². The summed E-state index contributed by atoms with van der Waals surface area (Å²) in [6, 6.07) is 0. The lowest BCUT2D eigenvalue weighted by Crippen LogP contribution is -2.51. The van der Waals surface area contributed by atoms with Gasteiger partial charge in [0.2, 0.25) is 11.8 Å². The Kier molecular flexibility index (Phi) is 27.9. The first-order valence-corrected chi connectivity index (χ1v) is 29.5. The predicted octanol–water partition coefficient (Wildman–Crippen LogP) is 15.2. The maximum Gasteiger partial charge on any atom is 0.410 e. The zero-order valence-electron chi connectivity index (χ0n) is 45.3. The van der Waals surface area contributed by atoms with E-state index in [9.17, 15) is 14.4 Å². The molecule has 0 bridgehead atoms. The molecule has 68 heavy (non-hydrogen) atoms. The van der Waals surface area contributed by atoms with Gasteiger partial charge in [-0.25, -0.2) is 4.79 Å². The lowest BCUT2D eigenvalue weighted by atomic mass is 9.47. The molecular weight excluding hydrogens is 841 g/mol. The SMILES string of the molecule is CCCCCCCC/C=C\CCCCCCCC(=O)NCCCCCCN(CC(=O)NCCCCCCN)C(=O)O[C@H]1CC[C@@]2(C)C(=CC[C@H]3[C@@H]4CC[C@H]([C@H](C)CCCC(C)C)[C@@]4(C)CC[C@@H]32)C1. The molecule has 0 aromatic rings. The minimum absolute atomic E-state index is 0.0302. The van der Waals surface area contributed by atoms with Crippen LogP contribution in [0.2, 0.25) is 0 Å². The number of hydrogen-bond acceptors (Lipinski definition) is 5. The Hall–Kier alpha value is -2.35. The molecule has 8 nitrogen and oxygen atoms in total. The van der Waals surface area contributed by atoms with E-state index in [1.807, 2.05) is 0 Å². The van der Waals surface area contributed by atoms with Gasteiger partial charge in [0.25, 0.3) is 0 Å². The summed E-state index contributed by atoms with van der Waals surface area (Å²) in [6.45, 7) is 17.3. The van der Waals surface area contributed by atoms with Crippen LogP contribution in [0.4, 0.5) is 4.79 Å². The Balaban J connectivity index is 1.16. The van der Waals surface area contributed by atoms with Crippen LogP contribution in [-0.4, -0.2) is 61.6 Å². The number of allylic oxidation sites excluding steroid dienone is 3. The summed E-state index contributed by atoms with van der Waals surface area (Å²) in [5.74, 6) is 4.88. The Bertz CT molecular complexity index is 1480. The van der Waals surface area contributed by atoms with Crippen molar-refractivity contribution in [3.05, 3.63) is 23.8 Å². The molecule has 0 aromatic carbocycles. The van der Waals surface area contributed by atoms with Crippen LogP contribution in [0, 0.1) is 46.3 Å². The summed E-state index contributed by atoms with van der Waals surface area (Å²) >= 11 is 0. The van der Waals surface area contributed by atoms with E-state index in [2.05, 4.69) is 70.4 Å². The van der Waals surface area contributed by atoms with E-state index in [4.69, 9.17) is 10.5 Å². The Morgan fingerprint density at radius 2 is 1.35 bits per heavy atom. The van der Waals surface area contributed by atoms with Gasteiger partial charge < -0.3 is 21.1 Å². The highest BCUT2D eigenvalue weighted by Crippen LogP contribution is 2.67. The average molecular weight is 950 g/mol. The average Bonchev–Trinajstić information content (AvgIpc) is 3.68. The first kappa shape index (κ1) is 58.2. The number of unbranched alkanes of at least 4 members (excludes halogenated alkanes) is 17. The van der Waals surface area contributed by atoms with Gasteiger partial charge in [0.05, 0.1) is 0 Å². The Labute approximate surface area is 419 Å². The number of rotatable bonds is 36. The highest BCUT2D eigenvalue weighted by Gasteiger charge is 2.59. The largest absolute Gasteiger partial charge is 0.446 e. The maximum absolute atomic E-state index is 13.9. The molecule has 0 aromatic heterocycles. The second-order valence-corrected chi connectivity index (χ2v) is 23.6. The topological polar surface area (TPSA) is 114 Å². The maximum atomic E-state index is 13.9.